The summed E-state index contributed by atoms with van der Waals surface area (Å²) in [5.41, 5.74) is 1.15. The Bertz CT molecular complexity index is 575. The number of aliphatic carboxylic acids is 1. The summed E-state index contributed by atoms with van der Waals surface area (Å²) in [7, 11) is 0. The molecule has 2 aromatic rings. The van der Waals surface area contributed by atoms with E-state index in [2.05, 4.69) is 28.5 Å². The van der Waals surface area contributed by atoms with Gasteiger partial charge in [0.25, 0.3) is 0 Å². The first kappa shape index (κ1) is 14.7. The molecule has 1 fully saturated rings. The molecule has 1 aliphatic heterocycles. The van der Waals surface area contributed by atoms with Crippen molar-refractivity contribution in [3.63, 3.8) is 0 Å². The Hall–Kier alpha value is -1.67. The number of nitrogens with one attached hydrogen (secondary N) is 1. The summed E-state index contributed by atoms with van der Waals surface area (Å²) in [4.78, 5) is 13.5. The molecule has 0 spiro atoms. The zero-order valence-electron chi connectivity index (χ0n) is 10.1. The largest absolute Gasteiger partial charge is 0.490 e. The van der Waals surface area contributed by atoms with Crippen molar-refractivity contribution in [3.8, 4) is 0 Å². The van der Waals surface area contributed by atoms with Crippen molar-refractivity contribution in [1.82, 2.24) is 10.3 Å². The smallest absolute Gasteiger partial charge is 0.475 e. The molecule has 0 bridgehead atoms. The zero-order valence-corrected chi connectivity index (χ0v) is 11.0. The molecule has 1 aromatic heterocycles. The Kier molecular flexibility index (Phi) is 4.24. The third kappa shape index (κ3) is 3.45. The van der Waals surface area contributed by atoms with Gasteiger partial charge >= 0.3 is 12.1 Å². The number of alkyl halides is 3. The lowest BCUT2D eigenvalue weighted by Gasteiger charge is -2.24. The van der Waals surface area contributed by atoms with E-state index in [1.165, 1.54) is 9.71 Å². The van der Waals surface area contributed by atoms with E-state index in [9.17, 15) is 13.2 Å². The lowest BCUT2D eigenvalue weighted by Crippen LogP contribution is -2.39. The van der Waals surface area contributed by atoms with Crippen LogP contribution in [0.5, 0.6) is 0 Å². The molecule has 0 unspecified atom stereocenters. The van der Waals surface area contributed by atoms with Gasteiger partial charge in [0.1, 0.15) is 0 Å². The van der Waals surface area contributed by atoms with E-state index >= 15 is 0 Å². The molecule has 3 rings (SSSR count). The van der Waals surface area contributed by atoms with E-state index in [-0.39, 0.29) is 0 Å². The molecule has 2 heterocycles. The number of carboxylic acid groups (broad SMARTS) is 1. The van der Waals surface area contributed by atoms with Gasteiger partial charge in [-0.25, -0.2) is 9.78 Å². The fourth-order valence-electron chi connectivity index (χ4n) is 1.53. The minimum Gasteiger partial charge on any atom is -0.475 e. The Labute approximate surface area is 116 Å². The number of nitrogens with zero attached hydrogens (tertiary/aromatic N) is 1. The number of carboxylic acids is 1. The fraction of sp³-hybridized carbons (Fsp3) is 0.333. The van der Waals surface area contributed by atoms with Crippen molar-refractivity contribution in [2.24, 2.45) is 0 Å². The molecule has 108 valence electrons. The first-order valence-electron chi connectivity index (χ1n) is 5.74. The Morgan fingerprint density at radius 1 is 1.35 bits per heavy atom. The monoisotopic (exact) mass is 304 g/mol. The summed E-state index contributed by atoms with van der Waals surface area (Å²) in [6.45, 7) is 2.19. The average molecular weight is 304 g/mol. The summed E-state index contributed by atoms with van der Waals surface area (Å²) in [6.07, 6.45) is -5.08. The highest BCUT2D eigenvalue weighted by Crippen LogP contribution is 2.29. The van der Waals surface area contributed by atoms with E-state index < -0.39 is 12.1 Å². The van der Waals surface area contributed by atoms with Crippen molar-refractivity contribution in [2.45, 2.75) is 12.1 Å². The molecule has 0 saturated carbocycles. The molecule has 0 amide bonds. The summed E-state index contributed by atoms with van der Waals surface area (Å²) in [5.74, 6) is -2.09. The molecule has 0 aliphatic carbocycles. The van der Waals surface area contributed by atoms with E-state index in [1.54, 1.807) is 0 Å². The SMILES string of the molecule is O=C(O)C(F)(F)F.c1ccc2sc(C3CNC3)nc2c1. The third-order valence-electron chi connectivity index (χ3n) is 2.68. The van der Waals surface area contributed by atoms with Crippen LogP contribution in [0.3, 0.4) is 0 Å². The second kappa shape index (κ2) is 5.76. The van der Waals surface area contributed by atoms with Crippen LogP contribution in [0.25, 0.3) is 10.2 Å². The molecule has 0 radical (unpaired) electrons. The van der Waals surface area contributed by atoms with Gasteiger partial charge in [0, 0.05) is 19.0 Å². The van der Waals surface area contributed by atoms with E-state index in [0.717, 1.165) is 18.6 Å². The van der Waals surface area contributed by atoms with Crippen LogP contribution in [-0.4, -0.2) is 35.3 Å². The number of aromatic nitrogens is 1. The van der Waals surface area contributed by atoms with Gasteiger partial charge in [-0.2, -0.15) is 13.2 Å². The van der Waals surface area contributed by atoms with Crippen molar-refractivity contribution in [1.29, 1.82) is 0 Å². The molecule has 1 aliphatic rings. The predicted octanol–water partition coefficient (Wildman–Crippen LogP) is 2.62. The van der Waals surface area contributed by atoms with E-state index in [0.29, 0.717) is 5.92 Å². The van der Waals surface area contributed by atoms with Crippen molar-refractivity contribution >= 4 is 27.5 Å². The van der Waals surface area contributed by atoms with Crippen LogP contribution in [0.4, 0.5) is 13.2 Å². The van der Waals surface area contributed by atoms with Crippen molar-refractivity contribution in [3.05, 3.63) is 29.3 Å². The van der Waals surface area contributed by atoms with Crippen LogP contribution in [0, 0.1) is 0 Å². The third-order valence-corrected chi connectivity index (χ3v) is 3.88. The van der Waals surface area contributed by atoms with E-state index in [4.69, 9.17) is 9.90 Å². The highest BCUT2D eigenvalue weighted by molar-refractivity contribution is 7.18. The predicted molar refractivity (Wildman–Crippen MR) is 68.9 cm³/mol. The number of fused-ring (bicyclic) bond motifs is 1. The van der Waals surface area contributed by atoms with Gasteiger partial charge in [-0.05, 0) is 12.1 Å². The normalized spacial score (nSPS) is 15.3. The number of para-hydroxylation sites is 1. The number of hydrogen-bond acceptors (Lipinski definition) is 4. The number of halogens is 3. The van der Waals surface area contributed by atoms with E-state index in [1.807, 2.05) is 17.4 Å². The van der Waals surface area contributed by atoms with Crippen LogP contribution in [-0.2, 0) is 4.79 Å². The van der Waals surface area contributed by atoms with Gasteiger partial charge in [0.2, 0.25) is 0 Å². The van der Waals surface area contributed by atoms with Crippen molar-refractivity contribution < 1.29 is 23.1 Å². The van der Waals surface area contributed by atoms with Crippen molar-refractivity contribution in [2.75, 3.05) is 13.1 Å². The molecule has 1 aromatic carbocycles. The Balaban J connectivity index is 0.000000182. The molecule has 1 saturated heterocycles. The maximum atomic E-state index is 10.6. The summed E-state index contributed by atoms with van der Waals surface area (Å²) in [6, 6.07) is 8.35. The quantitative estimate of drug-likeness (QED) is 0.850. The number of thiazole rings is 1. The highest BCUT2D eigenvalue weighted by atomic mass is 32.1. The van der Waals surface area contributed by atoms with Gasteiger partial charge in [0.05, 0.1) is 15.2 Å². The Morgan fingerprint density at radius 3 is 2.40 bits per heavy atom. The number of rotatable bonds is 1. The zero-order chi connectivity index (χ0) is 14.8. The molecule has 2 N–H and O–H groups in total. The van der Waals surface area contributed by atoms with Gasteiger partial charge in [-0.15, -0.1) is 11.3 Å². The molecular weight excluding hydrogens is 293 g/mol. The number of carbonyl (C=O) groups is 1. The van der Waals surface area contributed by atoms with Gasteiger partial charge in [-0.3, -0.25) is 0 Å². The summed E-state index contributed by atoms with van der Waals surface area (Å²) < 4.78 is 33.0. The lowest BCUT2D eigenvalue weighted by atomic mass is 10.1. The standard InChI is InChI=1S/C10H10N2S.C2HF3O2/c1-2-4-9-8(3-1)12-10(13-9)7-5-11-6-7;3-2(4,5)1(6)7/h1-4,7,11H,5-6H2;(H,6,7). The minimum absolute atomic E-state index is 0.664. The number of benzene rings is 1. The second-order valence-corrected chi connectivity index (χ2v) is 5.24. The first-order chi connectivity index (χ1) is 9.38. The average Bonchev–Trinajstić information content (AvgIpc) is 2.68. The highest BCUT2D eigenvalue weighted by Gasteiger charge is 2.38. The maximum Gasteiger partial charge on any atom is 0.490 e. The Morgan fingerprint density at radius 2 is 1.95 bits per heavy atom. The van der Waals surface area contributed by atoms with Crippen LogP contribution in [0.1, 0.15) is 10.9 Å². The van der Waals surface area contributed by atoms with Gasteiger partial charge < -0.3 is 10.4 Å². The molecule has 8 heteroatoms. The van der Waals surface area contributed by atoms with Gasteiger partial charge in [-0.1, -0.05) is 12.1 Å². The van der Waals surface area contributed by atoms with Crippen LogP contribution in [0.15, 0.2) is 24.3 Å². The van der Waals surface area contributed by atoms with Gasteiger partial charge in [0.15, 0.2) is 0 Å². The second-order valence-electron chi connectivity index (χ2n) is 4.18. The maximum absolute atomic E-state index is 10.6. The summed E-state index contributed by atoms with van der Waals surface area (Å²) in [5, 5.41) is 11.7. The molecule has 4 nitrogen and oxygen atoms in total. The van der Waals surface area contributed by atoms with Crippen LogP contribution < -0.4 is 5.32 Å². The molecular formula is C12H11F3N2O2S. The molecule has 20 heavy (non-hydrogen) atoms. The summed E-state index contributed by atoms with van der Waals surface area (Å²) >= 11 is 1.83. The topological polar surface area (TPSA) is 62.2 Å². The minimum atomic E-state index is -5.08. The molecule has 0 atom stereocenters. The first-order valence-corrected chi connectivity index (χ1v) is 6.56. The number of hydrogen-bond donors (Lipinski definition) is 2. The van der Waals surface area contributed by atoms with Crippen LogP contribution >= 0.6 is 11.3 Å². The van der Waals surface area contributed by atoms with Crippen LogP contribution in [0.2, 0.25) is 0 Å². The fourth-order valence-corrected chi connectivity index (χ4v) is 2.60. The lowest BCUT2D eigenvalue weighted by molar-refractivity contribution is -0.192.